The van der Waals surface area contributed by atoms with Crippen molar-refractivity contribution in [1.29, 1.82) is 0 Å². The van der Waals surface area contributed by atoms with Crippen molar-refractivity contribution in [2.24, 2.45) is 11.8 Å². The summed E-state index contributed by atoms with van der Waals surface area (Å²) < 4.78 is 0. The van der Waals surface area contributed by atoms with Gasteiger partial charge < -0.3 is 10.2 Å². The summed E-state index contributed by atoms with van der Waals surface area (Å²) >= 11 is 0. The van der Waals surface area contributed by atoms with Gasteiger partial charge in [0.2, 0.25) is 0 Å². The van der Waals surface area contributed by atoms with Crippen molar-refractivity contribution in [3.63, 3.8) is 0 Å². The molecule has 0 aromatic rings. The van der Waals surface area contributed by atoms with Gasteiger partial charge >= 0.3 is 5.97 Å². The molecule has 0 aliphatic rings. The van der Waals surface area contributed by atoms with Gasteiger partial charge in [-0.05, 0) is 12.8 Å². The molecule has 0 aromatic heterocycles. The summed E-state index contributed by atoms with van der Waals surface area (Å²) in [5.41, 5.74) is 0. The zero-order valence-electron chi connectivity index (χ0n) is 6.53. The summed E-state index contributed by atoms with van der Waals surface area (Å²) in [6, 6.07) is 0. The lowest BCUT2D eigenvalue weighted by Gasteiger charge is -2.18. The van der Waals surface area contributed by atoms with Crippen LogP contribution in [0.1, 0.15) is 20.8 Å². The molecule has 60 valence electrons. The summed E-state index contributed by atoms with van der Waals surface area (Å²) in [6.45, 7) is 4.92. The molecule has 3 atom stereocenters. The molecular weight excluding hydrogens is 132 g/mol. The summed E-state index contributed by atoms with van der Waals surface area (Å²) in [7, 11) is 0. The van der Waals surface area contributed by atoms with Gasteiger partial charge in [-0.3, -0.25) is 4.79 Å². The van der Waals surface area contributed by atoms with E-state index in [9.17, 15) is 4.79 Å². The molecule has 0 saturated carbocycles. The molecule has 0 aliphatic carbocycles. The van der Waals surface area contributed by atoms with Crippen LogP contribution in [0.2, 0.25) is 0 Å². The molecule has 0 rings (SSSR count). The average molecular weight is 146 g/mol. The van der Waals surface area contributed by atoms with Gasteiger partial charge in [0.05, 0.1) is 12.0 Å². The van der Waals surface area contributed by atoms with E-state index in [4.69, 9.17) is 10.2 Å². The third-order valence-electron chi connectivity index (χ3n) is 1.94. The number of hydrogen-bond donors (Lipinski definition) is 2. The number of hydrogen-bond acceptors (Lipinski definition) is 2. The largest absolute Gasteiger partial charge is 0.481 e. The van der Waals surface area contributed by atoms with E-state index in [0.29, 0.717) is 0 Å². The van der Waals surface area contributed by atoms with Crippen LogP contribution in [0.25, 0.3) is 0 Å². The Morgan fingerprint density at radius 2 is 1.70 bits per heavy atom. The molecule has 0 radical (unpaired) electrons. The van der Waals surface area contributed by atoms with Crippen LogP contribution in [-0.4, -0.2) is 22.3 Å². The quantitative estimate of drug-likeness (QED) is 0.617. The molecule has 0 aliphatic heterocycles. The zero-order chi connectivity index (χ0) is 8.31. The molecule has 0 saturated heterocycles. The maximum atomic E-state index is 10.3. The van der Waals surface area contributed by atoms with Crippen molar-refractivity contribution in [1.82, 2.24) is 0 Å². The van der Waals surface area contributed by atoms with Crippen molar-refractivity contribution >= 4 is 5.97 Å². The lowest BCUT2D eigenvalue weighted by Crippen LogP contribution is -2.26. The second-order valence-corrected chi connectivity index (χ2v) is 2.73. The fraction of sp³-hybridized carbons (Fsp3) is 0.857. The number of rotatable bonds is 3. The number of carboxylic acid groups (broad SMARTS) is 1. The Bertz CT molecular complexity index is 120. The normalized spacial score (nSPS) is 19.6. The number of aliphatic carboxylic acids is 1. The van der Waals surface area contributed by atoms with E-state index in [1.165, 1.54) is 0 Å². The van der Waals surface area contributed by atoms with E-state index in [0.717, 1.165) is 0 Å². The fourth-order valence-corrected chi connectivity index (χ4v) is 0.643. The Morgan fingerprint density at radius 1 is 1.30 bits per heavy atom. The Hall–Kier alpha value is -0.570. The lowest BCUT2D eigenvalue weighted by molar-refractivity contribution is -0.144. The van der Waals surface area contributed by atoms with Crippen molar-refractivity contribution in [3.05, 3.63) is 0 Å². The highest BCUT2D eigenvalue weighted by molar-refractivity contribution is 5.69. The molecule has 3 heteroatoms. The van der Waals surface area contributed by atoms with Crippen LogP contribution >= 0.6 is 0 Å². The summed E-state index contributed by atoms with van der Waals surface area (Å²) in [5.74, 6) is -1.51. The highest BCUT2D eigenvalue weighted by Gasteiger charge is 2.22. The van der Waals surface area contributed by atoms with Gasteiger partial charge in [-0.2, -0.15) is 0 Å². The Kier molecular flexibility index (Phi) is 3.36. The van der Waals surface area contributed by atoms with Crippen LogP contribution < -0.4 is 0 Å². The monoisotopic (exact) mass is 146 g/mol. The Morgan fingerprint density at radius 3 is 1.80 bits per heavy atom. The first-order valence-electron chi connectivity index (χ1n) is 3.37. The Labute approximate surface area is 60.7 Å². The van der Waals surface area contributed by atoms with E-state index in [2.05, 4.69) is 0 Å². The predicted octanol–water partition coefficient (Wildman–Crippen LogP) is 0.724. The SMILES string of the molecule is CC(C(=O)O)C(C)[C@H](C)O. The van der Waals surface area contributed by atoms with E-state index in [-0.39, 0.29) is 5.92 Å². The molecular formula is C7H14O3. The molecule has 0 aromatic carbocycles. The summed E-state index contributed by atoms with van der Waals surface area (Å²) in [4.78, 5) is 10.3. The van der Waals surface area contributed by atoms with E-state index in [1.54, 1.807) is 20.8 Å². The molecule has 3 nitrogen and oxygen atoms in total. The molecule has 10 heavy (non-hydrogen) atoms. The van der Waals surface area contributed by atoms with Gasteiger partial charge in [0, 0.05) is 0 Å². The first kappa shape index (κ1) is 9.43. The molecule has 0 spiro atoms. The second-order valence-electron chi connectivity index (χ2n) is 2.73. The van der Waals surface area contributed by atoms with Gasteiger partial charge in [0.15, 0.2) is 0 Å². The highest BCUT2D eigenvalue weighted by atomic mass is 16.4. The maximum Gasteiger partial charge on any atom is 0.306 e. The predicted molar refractivity (Wildman–Crippen MR) is 37.6 cm³/mol. The van der Waals surface area contributed by atoms with Gasteiger partial charge in [-0.25, -0.2) is 0 Å². The first-order chi connectivity index (χ1) is 4.46. The number of carboxylic acids is 1. The number of aliphatic hydroxyl groups is 1. The molecule has 2 N–H and O–H groups in total. The van der Waals surface area contributed by atoms with Crippen molar-refractivity contribution in [2.75, 3.05) is 0 Å². The standard InChI is InChI=1S/C7H14O3/c1-4(6(3)8)5(2)7(9)10/h4-6,8H,1-3H3,(H,9,10)/t4?,5?,6-/m0/s1. The third-order valence-corrected chi connectivity index (χ3v) is 1.94. The Balaban J connectivity index is 3.94. The molecule has 0 amide bonds. The van der Waals surface area contributed by atoms with Crippen LogP contribution in [0.3, 0.4) is 0 Å². The summed E-state index contributed by atoms with van der Waals surface area (Å²) in [5, 5.41) is 17.5. The van der Waals surface area contributed by atoms with E-state index in [1.807, 2.05) is 0 Å². The molecule has 0 heterocycles. The smallest absolute Gasteiger partial charge is 0.306 e. The number of aliphatic hydroxyl groups excluding tert-OH is 1. The summed E-state index contributed by atoms with van der Waals surface area (Å²) in [6.07, 6.45) is -0.550. The minimum absolute atomic E-state index is 0.183. The van der Waals surface area contributed by atoms with E-state index < -0.39 is 18.0 Å². The van der Waals surface area contributed by atoms with Crippen LogP contribution in [-0.2, 0) is 4.79 Å². The topological polar surface area (TPSA) is 57.5 Å². The molecule has 2 unspecified atom stereocenters. The van der Waals surface area contributed by atoms with Crippen molar-refractivity contribution in [2.45, 2.75) is 26.9 Å². The van der Waals surface area contributed by atoms with Crippen LogP contribution in [0.4, 0.5) is 0 Å². The van der Waals surface area contributed by atoms with Crippen LogP contribution in [0.15, 0.2) is 0 Å². The first-order valence-corrected chi connectivity index (χ1v) is 3.37. The van der Waals surface area contributed by atoms with Crippen LogP contribution in [0.5, 0.6) is 0 Å². The fourth-order valence-electron chi connectivity index (χ4n) is 0.643. The van der Waals surface area contributed by atoms with Crippen molar-refractivity contribution in [3.8, 4) is 0 Å². The minimum atomic E-state index is -0.853. The van der Waals surface area contributed by atoms with E-state index >= 15 is 0 Å². The number of carbonyl (C=O) groups is 1. The van der Waals surface area contributed by atoms with Crippen molar-refractivity contribution < 1.29 is 15.0 Å². The maximum absolute atomic E-state index is 10.3. The average Bonchev–Trinajstić information content (AvgIpc) is 1.84. The lowest BCUT2D eigenvalue weighted by atomic mass is 9.92. The second kappa shape index (κ2) is 3.56. The van der Waals surface area contributed by atoms with Gasteiger partial charge in [0.25, 0.3) is 0 Å². The van der Waals surface area contributed by atoms with Gasteiger partial charge in [0.1, 0.15) is 0 Å². The van der Waals surface area contributed by atoms with Crippen LogP contribution in [0, 0.1) is 11.8 Å². The third kappa shape index (κ3) is 2.35. The minimum Gasteiger partial charge on any atom is -0.481 e. The van der Waals surface area contributed by atoms with Gasteiger partial charge in [-0.1, -0.05) is 13.8 Å². The molecule has 0 bridgehead atoms. The zero-order valence-corrected chi connectivity index (χ0v) is 6.53. The highest BCUT2D eigenvalue weighted by Crippen LogP contribution is 2.14. The van der Waals surface area contributed by atoms with Gasteiger partial charge in [-0.15, -0.1) is 0 Å². The molecule has 0 fully saturated rings.